The van der Waals surface area contributed by atoms with Gasteiger partial charge in [0, 0.05) is 28.1 Å². The number of hydrogen-bond donors (Lipinski definition) is 2. The highest BCUT2D eigenvalue weighted by atomic mass is 127. The lowest BCUT2D eigenvalue weighted by Crippen LogP contribution is -2.26. The zero-order valence-corrected chi connectivity index (χ0v) is 12.1. The average molecular weight is 358 g/mol. The van der Waals surface area contributed by atoms with E-state index >= 15 is 0 Å². The zero-order valence-electron chi connectivity index (χ0n) is 9.91. The van der Waals surface area contributed by atoms with E-state index in [9.17, 15) is 4.79 Å². The molecule has 0 radical (unpaired) electrons. The fraction of sp³-hybridized carbons (Fsp3) is 0.308. The van der Waals surface area contributed by atoms with Crippen LogP contribution < -0.4 is 5.32 Å². The van der Waals surface area contributed by atoms with Gasteiger partial charge in [0.05, 0.1) is 0 Å². The number of H-pyrrole nitrogens is 1. The van der Waals surface area contributed by atoms with Gasteiger partial charge in [-0.25, -0.2) is 4.79 Å². The van der Waals surface area contributed by atoms with Gasteiger partial charge >= 0.3 is 6.09 Å². The summed E-state index contributed by atoms with van der Waals surface area (Å²) in [6.45, 7) is 1.04. The Labute approximate surface area is 119 Å². The van der Waals surface area contributed by atoms with Crippen LogP contribution in [0.1, 0.15) is 5.56 Å². The predicted molar refractivity (Wildman–Crippen MR) is 80.2 cm³/mol. The number of aromatic amines is 1. The molecular weight excluding hydrogens is 343 g/mol. The van der Waals surface area contributed by atoms with Crippen LogP contribution in [0, 0.1) is 0 Å². The molecule has 1 aromatic carbocycles. The first-order valence-corrected chi connectivity index (χ1v) is 7.35. The third-order valence-electron chi connectivity index (χ3n) is 2.65. The van der Waals surface area contributed by atoms with Gasteiger partial charge in [0.15, 0.2) is 0 Å². The van der Waals surface area contributed by atoms with E-state index in [0.717, 1.165) is 16.4 Å². The quantitative estimate of drug-likeness (QED) is 0.638. The van der Waals surface area contributed by atoms with E-state index in [4.69, 9.17) is 4.74 Å². The van der Waals surface area contributed by atoms with Gasteiger partial charge in [0.2, 0.25) is 0 Å². The molecule has 0 saturated heterocycles. The van der Waals surface area contributed by atoms with E-state index in [2.05, 4.69) is 39.0 Å². The maximum absolute atomic E-state index is 11.2. The summed E-state index contributed by atoms with van der Waals surface area (Å²) >= 11 is 2.17. The van der Waals surface area contributed by atoms with Gasteiger partial charge < -0.3 is 15.0 Å². The number of aromatic nitrogens is 1. The highest BCUT2D eigenvalue weighted by Gasteiger charge is 2.04. The standard InChI is InChI=1S/C13H15IN2O2/c14-6-8-18-13(17)15-7-5-10-9-16-12-4-2-1-3-11(10)12/h1-4,9,16H,5-8H2,(H,15,17). The van der Waals surface area contributed by atoms with Crippen LogP contribution >= 0.6 is 22.6 Å². The molecule has 18 heavy (non-hydrogen) atoms. The SMILES string of the molecule is O=C(NCCc1c[nH]c2ccccc12)OCCI. The number of benzene rings is 1. The maximum Gasteiger partial charge on any atom is 0.407 e. The number of carbonyl (C=O) groups is 1. The molecule has 0 atom stereocenters. The van der Waals surface area contributed by atoms with Crippen molar-refractivity contribution in [3.63, 3.8) is 0 Å². The van der Waals surface area contributed by atoms with Crippen molar-refractivity contribution in [2.24, 2.45) is 0 Å². The van der Waals surface area contributed by atoms with E-state index in [1.54, 1.807) is 0 Å². The first-order chi connectivity index (χ1) is 8.81. The lowest BCUT2D eigenvalue weighted by atomic mass is 10.1. The molecule has 0 saturated carbocycles. The number of fused-ring (bicyclic) bond motifs is 1. The summed E-state index contributed by atoms with van der Waals surface area (Å²) in [6.07, 6.45) is 2.44. The van der Waals surface area contributed by atoms with E-state index < -0.39 is 0 Å². The summed E-state index contributed by atoms with van der Waals surface area (Å²) in [5.74, 6) is 0. The van der Waals surface area contributed by atoms with Crippen molar-refractivity contribution >= 4 is 39.6 Å². The molecule has 0 unspecified atom stereocenters. The van der Waals surface area contributed by atoms with E-state index in [0.29, 0.717) is 13.2 Å². The molecule has 1 heterocycles. The summed E-state index contributed by atoms with van der Waals surface area (Å²) in [5.41, 5.74) is 2.33. The Morgan fingerprint density at radius 3 is 3.06 bits per heavy atom. The minimum Gasteiger partial charge on any atom is -0.449 e. The number of alkyl carbamates (subject to hydrolysis) is 1. The Morgan fingerprint density at radius 2 is 2.22 bits per heavy atom. The third kappa shape index (κ3) is 3.38. The first-order valence-electron chi connectivity index (χ1n) is 5.83. The van der Waals surface area contributed by atoms with Crippen molar-refractivity contribution < 1.29 is 9.53 Å². The highest BCUT2D eigenvalue weighted by molar-refractivity contribution is 14.1. The summed E-state index contributed by atoms with van der Waals surface area (Å²) in [6, 6.07) is 8.14. The summed E-state index contributed by atoms with van der Waals surface area (Å²) in [4.78, 5) is 14.5. The molecule has 0 aliphatic rings. The Morgan fingerprint density at radius 1 is 1.39 bits per heavy atom. The Hall–Kier alpha value is -1.24. The number of rotatable bonds is 5. The molecule has 96 valence electrons. The molecule has 2 N–H and O–H groups in total. The monoisotopic (exact) mass is 358 g/mol. The third-order valence-corrected chi connectivity index (χ3v) is 3.09. The van der Waals surface area contributed by atoms with Crippen LogP contribution in [-0.2, 0) is 11.2 Å². The van der Waals surface area contributed by atoms with Crippen LogP contribution in [-0.4, -0.2) is 28.7 Å². The number of halogens is 1. The largest absolute Gasteiger partial charge is 0.449 e. The fourth-order valence-electron chi connectivity index (χ4n) is 1.82. The number of nitrogens with one attached hydrogen (secondary N) is 2. The van der Waals surface area contributed by atoms with Crippen LogP contribution in [0.4, 0.5) is 4.79 Å². The van der Waals surface area contributed by atoms with Crippen LogP contribution in [0.5, 0.6) is 0 Å². The van der Waals surface area contributed by atoms with Crippen molar-refractivity contribution in [2.45, 2.75) is 6.42 Å². The van der Waals surface area contributed by atoms with Crippen molar-refractivity contribution in [3.8, 4) is 0 Å². The summed E-state index contributed by atoms with van der Waals surface area (Å²) in [7, 11) is 0. The molecule has 0 aliphatic carbocycles. The van der Waals surface area contributed by atoms with Gasteiger partial charge in [0.25, 0.3) is 0 Å². The number of ether oxygens (including phenoxy) is 1. The fourth-order valence-corrected chi connectivity index (χ4v) is 2.04. The molecule has 0 spiro atoms. The van der Waals surface area contributed by atoms with Crippen molar-refractivity contribution in [1.29, 1.82) is 0 Å². The van der Waals surface area contributed by atoms with Crippen LogP contribution in [0.3, 0.4) is 0 Å². The minimum absolute atomic E-state index is 0.341. The van der Waals surface area contributed by atoms with Gasteiger partial charge in [-0.1, -0.05) is 40.8 Å². The number of carbonyl (C=O) groups excluding carboxylic acids is 1. The zero-order chi connectivity index (χ0) is 12.8. The van der Waals surface area contributed by atoms with Crippen molar-refractivity contribution in [1.82, 2.24) is 10.3 Å². The lowest BCUT2D eigenvalue weighted by Gasteiger charge is -2.05. The van der Waals surface area contributed by atoms with Gasteiger partial charge in [-0.05, 0) is 18.1 Å². The predicted octanol–water partition coefficient (Wildman–Crippen LogP) is 2.87. The average Bonchev–Trinajstić information content (AvgIpc) is 2.80. The Balaban J connectivity index is 1.85. The number of hydrogen-bond acceptors (Lipinski definition) is 2. The Kier molecular flexibility index (Phi) is 4.86. The van der Waals surface area contributed by atoms with Crippen LogP contribution in [0.25, 0.3) is 10.9 Å². The van der Waals surface area contributed by atoms with Crippen LogP contribution in [0.15, 0.2) is 30.5 Å². The molecule has 1 amide bonds. The van der Waals surface area contributed by atoms with Crippen molar-refractivity contribution in [2.75, 3.05) is 17.6 Å². The topological polar surface area (TPSA) is 54.1 Å². The minimum atomic E-state index is -0.341. The normalized spacial score (nSPS) is 10.5. The first kappa shape index (κ1) is 13.2. The van der Waals surface area contributed by atoms with E-state index in [-0.39, 0.29) is 6.09 Å². The van der Waals surface area contributed by atoms with Crippen molar-refractivity contribution in [3.05, 3.63) is 36.0 Å². The Bertz CT molecular complexity index is 524. The van der Waals surface area contributed by atoms with Gasteiger partial charge in [-0.2, -0.15) is 0 Å². The molecule has 0 aliphatic heterocycles. The molecule has 4 nitrogen and oxygen atoms in total. The summed E-state index contributed by atoms with van der Waals surface area (Å²) < 4.78 is 5.75. The second-order valence-electron chi connectivity index (χ2n) is 3.86. The number of alkyl halides is 1. The van der Waals surface area contributed by atoms with E-state index in [1.807, 2.05) is 24.4 Å². The van der Waals surface area contributed by atoms with Gasteiger partial charge in [-0.15, -0.1) is 0 Å². The van der Waals surface area contributed by atoms with Crippen LogP contribution in [0.2, 0.25) is 0 Å². The van der Waals surface area contributed by atoms with E-state index in [1.165, 1.54) is 10.9 Å². The molecular formula is C13H15IN2O2. The highest BCUT2D eigenvalue weighted by Crippen LogP contribution is 2.17. The molecule has 0 fully saturated rings. The maximum atomic E-state index is 11.2. The smallest absolute Gasteiger partial charge is 0.407 e. The molecule has 5 heteroatoms. The number of amides is 1. The molecule has 0 bridgehead atoms. The molecule has 1 aromatic heterocycles. The lowest BCUT2D eigenvalue weighted by molar-refractivity contribution is 0.154. The second kappa shape index (κ2) is 6.63. The second-order valence-corrected chi connectivity index (χ2v) is 4.94. The van der Waals surface area contributed by atoms with Gasteiger partial charge in [0.1, 0.15) is 6.61 Å². The number of para-hydroxylation sites is 1. The molecule has 2 aromatic rings. The molecule has 2 rings (SSSR count). The summed E-state index contributed by atoms with van der Waals surface area (Å²) in [5, 5.41) is 3.95. The van der Waals surface area contributed by atoms with Gasteiger partial charge in [-0.3, -0.25) is 0 Å².